The van der Waals surface area contributed by atoms with Gasteiger partial charge in [-0.15, -0.1) is 0 Å². The van der Waals surface area contributed by atoms with Crippen molar-refractivity contribution in [3.05, 3.63) is 35.4 Å². The van der Waals surface area contributed by atoms with Gasteiger partial charge >= 0.3 is 0 Å². The summed E-state index contributed by atoms with van der Waals surface area (Å²) in [6, 6.07) is 8.11. The minimum atomic E-state index is 0.158. The minimum Gasteiger partial charge on any atom is -0.293 e. The lowest BCUT2D eigenvalue weighted by Crippen LogP contribution is -1.99. The van der Waals surface area contributed by atoms with E-state index in [-0.39, 0.29) is 5.78 Å². The number of ketones is 1. The van der Waals surface area contributed by atoms with Crippen LogP contribution in [0.15, 0.2) is 24.3 Å². The fourth-order valence-electron chi connectivity index (χ4n) is 2.75. The lowest BCUT2D eigenvalue weighted by molar-refractivity contribution is 0.102. The van der Waals surface area contributed by atoms with Crippen LogP contribution in [0, 0.1) is 0 Å². The lowest BCUT2D eigenvalue weighted by atomic mass is 10.0. The second kappa shape index (κ2) is 12.9. The Morgan fingerprint density at radius 1 is 0.818 bits per heavy atom. The monoisotopic (exact) mass is 366 g/mol. The third-order valence-electron chi connectivity index (χ3n) is 4.22. The Morgan fingerprint density at radius 2 is 1.32 bits per heavy atom. The minimum absolute atomic E-state index is 0.158. The van der Waals surface area contributed by atoms with E-state index in [0.717, 1.165) is 12.0 Å². The number of alkyl halides is 1. The number of halogens is 1. The van der Waals surface area contributed by atoms with Gasteiger partial charge < -0.3 is 0 Å². The largest absolute Gasteiger partial charge is 0.293 e. The maximum atomic E-state index is 11.5. The number of hydrogen-bond donors (Lipinski definition) is 0. The van der Waals surface area contributed by atoms with Gasteiger partial charge in [0.2, 0.25) is 0 Å². The van der Waals surface area contributed by atoms with Crippen molar-refractivity contribution in [2.75, 3.05) is 5.33 Å². The highest BCUT2D eigenvalue weighted by molar-refractivity contribution is 9.09. The van der Waals surface area contributed by atoms with Crippen molar-refractivity contribution in [2.24, 2.45) is 0 Å². The third-order valence-corrected chi connectivity index (χ3v) is 4.73. The molecule has 2 heteroatoms. The first-order chi connectivity index (χ1) is 10.8. The molecule has 0 amide bonds. The van der Waals surface area contributed by atoms with Crippen LogP contribution in [0.1, 0.15) is 87.1 Å². The second-order valence-electron chi connectivity index (χ2n) is 6.19. The molecule has 0 atom stereocenters. The molecule has 0 aliphatic carbocycles. The van der Waals surface area contributed by atoms with E-state index in [4.69, 9.17) is 0 Å². The topological polar surface area (TPSA) is 17.1 Å². The smallest absolute Gasteiger partial charge is 0.173 e. The normalized spacial score (nSPS) is 10.8. The van der Waals surface area contributed by atoms with E-state index in [9.17, 15) is 4.79 Å². The summed E-state index contributed by atoms with van der Waals surface area (Å²) in [5.74, 6) is 0.158. The number of carbonyl (C=O) groups is 1. The first-order valence-electron chi connectivity index (χ1n) is 8.96. The molecule has 22 heavy (non-hydrogen) atoms. The van der Waals surface area contributed by atoms with Crippen molar-refractivity contribution >= 4 is 21.7 Å². The molecule has 0 heterocycles. The van der Waals surface area contributed by atoms with Crippen molar-refractivity contribution in [3.63, 3.8) is 0 Å². The third kappa shape index (κ3) is 8.73. The predicted molar refractivity (Wildman–Crippen MR) is 100 cm³/mol. The molecular formula is C20H31BrO. The van der Waals surface area contributed by atoms with Crippen LogP contribution in [0.25, 0.3) is 0 Å². The Kier molecular flexibility index (Phi) is 11.4. The van der Waals surface area contributed by atoms with Crippen molar-refractivity contribution in [1.29, 1.82) is 0 Å². The molecule has 0 aromatic heterocycles. The zero-order valence-corrected chi connectivity index (χ0v) is 15.7. The van der Waals surface area contributed by atoms with Crippen LogP contribution in [-0.4, -0.2) is 11.1 Å². The van der Waals surface area contributed by atoms with E-state index >= 15 is 0 Å². The molecule has 0 N–H and O–H groups in total. The van der Waals surface area contributed by atoms with Crippen LogP contribution in [0.5, 0.6) is 0 Å². The fraction of sp³-hybridized carbons (Fsp3) is 0.650. The molecule has 1 rings (SSSR count). The quantitative estimate of drug-likeness (QED) is 0.215. The second-order valence-corrected chi connectivity index (χ2v) is 6.75. The summed E-state index contributed by atoms with van der Waals surface area (Å²) in [6.45, 7) is 2.27. The maximum Gasteiger partial charge on any atom is 0.173 e. The van der Waals surface area contributed by atoms with E-state index in [1.807, 2.05) is 12.1 Å². The van der Waals surface area contributed by atoms with E-state index in [1.54, 1.807) is 0 Å². The Hall–Kier alpha value is -0.630. The standard InChI is InChI=1S/C20H31BrO/c1-2-3-4-5-6-7-8-9-10-11-12-18-13-15-19(16-14-18)20(22)17-21/h13-16H,2-12,17H2,1H3. The Morgan fingerprint density at radius 3 is 1.82 bits per heavy atom. The van der Waals surface area contributed by atoms with Crippen molar-refractivity contribution in [3.8, 4) is 0 Å². The highest BCUT2D eigenvalue weighted by atomic mass is 79.9. The Balaban J connectivity index is 2.01. The van der Waals surface area contributed by atoms with Gasteiger partial charge in [0.1, 0.15) is 0 Å². The van der Waals surface area contributed by atoms with E-state index < -0.39 is 0 Å². The molecule has 1 aromatic carbocycles. The number of unbranched alkanes of at least 4 members (excludes halogenated alkanes) is 9. The van der Waals surface area contributed by atoms with Crippen molar-refractivity contribution in [1.82, 2.24) is 0 Å². The number of rotatable bonds is 13. The summed E-state index contributed by atoms with van der Waals surface area (Å²) in [5.41, 5.74) is 2.16. The van der Waals surface area contributed by atoms with Gasteiger partial charge in [0.15, 0.2) is 5.78 Å². The number of Topliss-reactive ketones (excluding diaryl/α,β-unsaturated/α-hetero) is 1. The summed E-state index contributed by atoms with van der Waals surface area (Å²) in [5, 5.41) is 0.408. The molecular weight excluding hydrogens is 336 g/mol. The molecule has 0 saturated carbocycles. The van der Waals surface area contributed by atoms with Gasteiger partial charge in [-0.25, -0.2) is 0 Å². The predicted octanol–water partition coefficient (Wildman–Crippen LogP) is 6.73. The summed E-state index contributed by atoms with van der Waals surface area (Å²) in [6.07, 6.45) is 14.9. The molecule has 1 nitrogen and oxygen atoms in total. The fourth-order valence-corrected chi connectivity index (χ4v) is 3.07. The van der Waals surface area contributed by atoms with Crippen molar-refractivity contribution < 1.29 is 4.79 Å². The van der Waals surface area contributed by atoms with Gasteiger partial charge in [-0.2, -0.15) is 0 Å². The number of hydrogen-bond acceptors (Lipinski definition) is 1. The molecule has 0 aliphatic heterocycles. The van der Waals surface area contributed by atoms with Crippen LogP contribution in [0.4, 0.5) is 0 Å². The SMILES string of the molecule is CCCCCCCCCCCCc1ccc(C(=O)CBr)cc1. The van der Waals surface area contributed by atoms with Crippen LogP contribution in [0.2, 0.25) is 0 Å². The highest BCUT2D eigenvalue weighted by Gasteiger charge is 2.03. The Labute approximate surface area is 145 Å². The lowest BCUT2D eigenvalue weighted by Gasteiger charge is -2.04. The van der Waals surface area contributed by atoms with E-state index in [0.29, 0.717) is 5.33 Å². The highest BCUT2D eigenvalue weighted by Crippen LogP contribution is 2.13. The molecule has 0 aliphatic rings. The van der Waals surface area contributed by atoms with Crippen LogP contribution < -0.4 is 0 Å². The van der Waals surface area contributed by atoms with Crippen LogP contribution in [0.3, 0.4) is 0 Å². The number of carbonyl (C=O) groups excluding carboxylic acids is 1. The van der Waals surface area contributed by atoms with Gasteiger partial charge in [-0.05, 0) is 18.4 Å². The van der Waals surface area contributed by atoms with Crippen molar-refractivity contribution in [2.45, 2.75) is 77.6 Å². The molecule has 0 fully saturated rings. The molecule has 0 unspecified atom stereocenters. The summed E-state index contributed by atoms with van der Waals surface area (Å²) in [4.78, 5) is 11.5. The summed E-state index contributed by atoms with van der Waals surface area (Å²) < 4.78 is 0. The Bertz CT molecular complexity index is 397. The van der Waals surface area contributed by atoms with Gasteiger partial charge in [-0.1, -0.05) is 105 Å². The molecule has 0 spiro atoms. The van der Waals surface area contributed by atoms with E-state index in [1.165, 1.54) is 69.8 Å². The molecule has 124 valence electrons. The van der Waals surface area contributed by atoms with Crippen LogP contribution >= 0.6 is 15.9 Å². The summed E-state index contributed by atoms with van der Waals surface area (Å²) >= 11 is 3.21. The van der Waals surface area contributed by atoms with Gasteiger partial charge in [0, 0.05) is 5.56 Å². The molecule has 0 radical (unpaired) electrons. The maximum absolute atomic E-state index is 11.5. The zero-order chi connectivity index (χ0) is 16.0. The first-order valence-corrected chi connectivity index (χ1v) is 10.1. The molecule has 1 aromatic rings. The van der Waals surface area contributed by atoms with Crippen LogP contribution in [-0.2, 0) is 6.42 Å². The van der Waals surface area contributed by atoms with E-state index in [2.05, 4.69) is 35.0 Å². The van der Waals surface area contributed by atoms with Gasteiger partial charge in [0.05, 0.1) is 5.33 Å². The number of benzene rings is 1. The molecule has 0 bridgehead atoms. The average molecular weight is 367 g/mol. The molecule has 0 saturated heterocycles. The zero-order valence-electron chi connectivity index (χ0n) is 14.1. The first kappa shape index (κ1) is 19.4. The number of aryl methyl sites for hydroxylation is 1. The van der Waals surface area contributed by atoms with Gasteiger partial charge in [-0.3, -0.25) is 4.79 Å². The average Bonchev–Trinajstić information content (AvgIpc) is 2.56. The van der Waals surface area contributed by atoms with Gasteiger partial charge in [0.25, 0.3) is 0 Å². The summed E-state index contributed by atoms with van der Waals surface area (Å²) in [7, 11) is 0.